The number of aromatic nitrogens is 1. The fourth-order valence-corrected chi connectivity index (χ4v) is 2.77. The maximum Gasteiger partial charge on any atom is 0.309 e. The van der Waals surface area contributed by atoms with Gasteiger partial charge in [-0.3, -0.25) is 4.79 Å². The second-order valence-corrected chi connectivity index (χ2v) is 5.39. The van der Waals surface area contributed by atoms with E-state index in [1.165, 1.54) is 7.11 Å². The topological polar surface area (TPSA) is 39.2 Å². The first kappa shape index (κ1) is 12.5. The SMILES string of the molecule is COC(=O)C(C)CSCc1csc(C)n1. The highest BCUT2D eigenvalue weighted by Gasteiger charge is 2.12. The minimum Gasteiger partial charge on any atom is -0.469 e. The van der Waals surface area contributed by atoms with E-state index in [2.05, 4.69) is 15.1 Å². The first-order chi connectivity index (χ1) is 7.13. The van der Waals surface area contributed by atoms with Gasteiger partial charge in [-0.15, -0.1) is 11.3 Å². The van der Waals surface area contributed by atoms with Crippen molar-refractivity contribution in [3.63, 3.8) is 0 Å². The summed E-state index contributed by atoms with van der Waals surface area (Å²) in [5, 5.41) is 3.15. The van der Waals surface area contributed by atoms with E-state index in [4.69, 9.17) is 0 Å². The van der Waals surface area contributed by atoms with Gasteiger partial charge in [0.05, 0.1) is 23.7 Å². The Kier molecular flexibility index (Phi) is 5.11. The second-order valence-electron chi connectivity index (χ2n) is 3.30. The van der Waals surface area contributed by atoms with Crippen molar-refractivity contribution < 1.29 is 9.53 Å². The van der Waals surface area contributed by atoms with Crippen LogP contribution in [0.1, 0.15) is 17.6 Å². The molecular weight excluding hydrogens is 230 g/mol. The van der Waals surface area contributed by atoms with E-state index >= 15 is 0 Å². The van der Waals surface area contributed by atoms with Gasteiger partial charge >= 0.3 is 5.97 Å². The average molecular weight is 245 g/mol. The zero-order chi connectivity index (χ0) is 11.3. The standard InChI is InChI=1S/C10H15NO2S2/c1-7(10(12)13-3)4-14-5-9-6-15-8(2)11-9/h6-7H,4-5H2,1-3H3. The molecule has 0 spiro atoms. The molecule has 0 aromatic carbocycles. The highest BCUT2D eigenvalue weighted by atomic mass is 32.2. The Hall–Kier alpha value is -0.550. The molecule has 0 radical (unpaired) electrons. The number of methoxy groups -OCH3 is 1. The molecule has 15 heavy (non-hydrogen) atoms. The molecule has 1 heterocycles. The molecule has 0 N–H and O–H groups in total. The summed E-state index contributed by atoms with van der Waals surface area (Å²) in [6.07, 6.45) is 0. The highest BCUT2D eigenvalue weighted by Crippen LogP contribution is 2.17. The molecule has 1 aromatic rings. The predicted octanol–water partition coefficient (Wildman–Crippen LogP) is 2.49. The van der Waals surface area contributed by atoms with E-state index in [-0.39, 0.29) is 11.9 Å². The lowest BCUT2D eigenvalue weighted by Gasteiger charge is -2.07. The first-order valence-corrected chi connectivity index (χ1v) is 6.73. The molecule has 0 amide bonds. The number of esters is 1. The minimum atomic E-state index is -0.142. The van der Waals surface area contributed by atoms with Crippen molar-refractivity contribution in [2.75, 3.05) is 12.9 Å². The Morgan fingerprint density at radius 3 is 3.00 bits per heavy atom. The third-order valence-corrected chi connectivity index (χ3v) is 3.95. The molecule has 84 valence electrons. The third-order valence-electron chi connectivity index (χ3n) is 1.89. The van der Waals surface area contributed by atoms with E-state index in [9.17, 15) is 4.79 Å². The Morgan fingerprint density at radius 1 is 1.73 bits per heavy atom. The summed E-state index contributed by atoms with van der Waals surface area (Å²) in [4.78, 5) is 15.5. The summed E-state index contributed by atoms with van der Waals surface area (Å²) in [5.74, 6) is 1.46. The fraction of sp³-hybridized carbons (Fsp3) is 0.600. The number of aryl methyl sites for hydroxylation is 1. The van der Waals surface area contributed by atoms with Crippen molar-refractivity contribution >= 4 is 29.1 Å². The summed E-state index contributed by atoms with van der Waals surface area (Å²) in [7, 11) is 1.42. The zero-order valence-corrected chi connectivity index (χ0v) is 10.8. The summed E-state index contributed by atoms with van der Waals surface area (Å²) < 4.78 is 4.65. The van der Waals surface area contributed by atoms with Crippen LogP contribution in [0, 0.1) is 12.8 Å². The Balaban J connectivity index is 2.24. The van der Waals surface area contributed by atoms with Gasteiger partial charge < -0.3 is 4.74 Å². The largest absolute Gasteiger partial charge is 0.469 e. The van der Waals surface area contributed by atoms with E-state index in [0.717, 1.165) is 22.2 Å². The van der Waals surface area contributed by atoms with E-state index in [1.54, 1.807) is 23.1 Å². The van der Waals surface area contributed by atoms with Gasteiger partial charge in [0, 0.05) is 16.9 Å². The number of carbonyl (C=O) groups excluding carboxylic acids is 1. The van der Waals surface area contributed by atoms with Crippen LogP contribution in [-0.2, 0) is 15.3 Å². The van der Waals surface area contributed by atoms with E-state index in [0.29, 0.717) is 0 Å². The highest BCUT2D eigenvalue weighted by molar-refractivity contribution is 7.98. The smallest absolute Gasteiger partial charge is 0.309 e. The van der Waals surface area contributed by atoms with Gasteiger partial charge in [-0.2, -0.15) is 11.8 Å². The molecule has 1 unspecified atom stereocenters. The lowest BCUT2D eigenvalue weighted by molar-refractivity contribution is -0.143. The van der Waals surface area contributed by atoms with Crippen LogP contribution in [0.4, 0.5) is 0 Å². The Morgan fingerprint density at radius 2 is 2.47 bits per heavy atom. The van der Waals surface area contributed by atoms with Gasteiger partial charge in [-0.1, -0.05) is 6.92 Å². The van der Waals surface area contributed by atoms with Gasteiger partial charge in [0.25, 0.3) is 0 Å². The maximum atomic E-state index is 11.1. The summed E-state index contributed by atoms with van der Waals surface area (Å²) >= 11 is 3.37. The quantitative estimate of drug-likeness (QED) is 0.747. The molecule has 1 rings (SSSR count). The van der Waals surface area contributed by atoms with Crippen LogP contribution >= 0.6 is 23.1 Å². The molecule has 3 nitrogen and oxygen atoms in total. The minimum absolute atomic E-state index is 0.0419. The molecule has 0 aliphatic carbocycles. The van der Waals surface area contributed by atoms with Crippen LogP contribution in [0.5, 0.6) is 0 Å². The van der Waals surface area contributed by atoms with Gasteiger partial charge in [0.1, 0.15) is 0 Å². The number of nitrogens with zero attached hydrogens (tertiary/aromatic N) is 1. The van der Waals surface area contributed by atoms with Crippen molar-refractivity contribution in [3.05, 3.63) is 16.1 Å². The predicted molar refractivity (Wildman–Crippen MR) is 64.2 cm³/mol. The van der Waals surface area contributed by atoms with E-state index in [1.807, 2.05) is 13.8 Å². The van der Waals surface area contributed by atoms with Crippen LogP contribution < -0.4 is 0 Å². The number of hydrogen-bond acceptors (Lipinski definition) is 5. The van der Waals surface area contributed by atoms with Crippen molar-refractivity contribution in [1.82, 2.24) is 4.98 Å². The molecule has 0 aliphatic rings. The molecule has 1 aromatic heterocycles. The molecule has 0 bridgehead atoms. The number of carbonyl (C=O) groups is 1. The van der Waals surface area contributed by atoms with Crippen molar-refractivity contribution in [2.45, 2.75) is 19.6 Å². The Labute approximate surface area is 98.2 Å². The monoisotopic (exact) mass is 245 g/mol. The molecule has 0 saturated carbocycles. The first-order valence-electron chi connectivity index (χ1n) is 4.70. The van der Waals surface area contributed by atoms with Gasteiger partial charge in [0.2, 0.25) is 0 Å². The molecule has 5 heteroatoms. The number of thiazole rings is 1. The zero-order valence-electron chi connectivity index (χ0n) is 9.15. The van der Waals surface area contributed by atoms with Crippen molar-refractivity contribution in [2.24, 2.45) is 5.92 Å². The lowest BCUT2D eigenvalue weighted by atomic mass is 10.2. The second kappa shape index (κ2) is 6.12. The molecular formula is C10H15NO2S2. The molecule has 0 fully saturated rings. The lowest BCUT2D eigenvalue weighted by Crippen LogP contribution is -2.14. The van der Waals surface area contributed by atoms with Crippen LogP contribution in [-0.4, -0.2) is 23.8 Å². The van der Waals surface area contributed by atoms with Gasteiger partial charge in [-0.25, -0.2) is 4.98 Å². The van der Waals surface area contributed by atoms with Gasteiger partial charge in [-0.05, 0) is 6.92 Å². The molecule has 1 atom stereocenters. The van der Waals surface area contributed by atoms with Gasteiger partial charge in [0.15, 0.2) is 0 Å². The maximum absolute atomic E-state index is 11.1. The van der Waals surface area contributed by atoms with Crippen LogP contribution in [0.15, 0.2) is 5.38 Å². The normalized spacial score (nSPS) is 12.5. The number of hydrogen-bond donors (Lipinski definition) is 0. The average Bonchev–Trinajstić information content (AvgIpc) is 2.63. The van der Waals surface area contributed by atoms with E-state index < -0.39 is 0 Å². The van der Waals surface area contributed by atoms with Crippen LogP contribution in [0.2, 0.25) is 0 Å². The summed E-state index contributed by atoms with van der Waals surface area (Å²) in [6, 6.07) is 0. The van der Waals surface area contributed by atoms with Crippen molar-refractivity contribution in [1.29, 1.82) is 0 Å². The fourth-order valence-electron chi connectivity index (χ4n) is 1.08. The molecule has 0 saturated heterocycles. The summed E-state index contributed by atoms with van der Waals surface area (Å²) in [6.45, 7) is 3.88. The van der Waals surface area contributed by atoms with Crippen LogP contribution in [0.25, 0.3) is 0 Å². The molecule has 0 aliphatic heterocycles. The summed E-state index contributed by atoms with van der Waals surface area (Å²) in [5.41, 5.74) is 1.10. The number of thioether (sulfide) groups is 1. The van der Waals surface area contributed by atoms with Crippen LogP contribution in [0.3, 0.4) is 0 Å². The van der Waals surface area contributed by atoms with Crippen molar-refractivity contribution in [3.8, 4) is 0 Å². The Bertz CT molecular complexity index is 325. The number of rotatable bonds is 5. The third kappa shape index (κ3) is 4.22. The number of ether oxygens (including phenoxy) is 1.